The second-order valence-corrected chi connectivity index (χ2v) is 3.42. The Hall–Kier alpha value is -2.28. The fourth-order valence-electron chi connectivity index (χ4n) is 1.37. The van der Waals surface area contributed by atoms with Gasteiger partial charge in [0, 0.05) is 18.0 Å². The summed E-state index contributed by atoms with van der Waals surface area (Å²) in [6.45, 7) is 0. The van der Waals surface area contributed by atoms with Crippen LogP contribution >= 0.6 is 0 Å². The molecule has 4 N–H and O–H groups in total. The standard InChI is InChI=1S/C11H9F3N4/c12-7-1-2-8(11(14)10(7)13)17-6-3-4-16-9(5-6)18-15/h1-5H,15H2,(H2,16,17,18). The number of benzene rings is 1. The molecule has 0 aliphatic carbocycles. The largest absolute Gasteiger partial charge is 0.353 e. The Morgan fingerprint density at radius 1 is 1.06 bits per heavy atom. The second kappa shape index (κ2) is 4.92. The lowest BCUT2D eigenvalue weighted by atomic mass is 10.2. The zero-order chi connectivity index (χ0) is 13.1. The van der Waals surface area contributed by atoms with Gasteiger partial charge in [0.05, 0.1) is 5.69 Å². The van der Waals surface area contributed by atoms with Crippen LogP contribution in [-0.2, 0) is 0 Å². The zero-order valence-corrected chi connectivity index (χ0v) is 9.05. The molecule has 0 fully saturated rings. The summed E-state index contributed by atoms with van der Waals surface area (Å²) in [4.78, 5) is 3.85. The molecule has 0 aliphatic heterocycles. The van der Waals surface area contributed by atoms with Crippen molar-refractivity contribution in [2.45, 2.75) is 0 Å². The molecule has 1 aromatic carbocycles. The van der Waals surface area contributed by atoms with E-state index in [0.717, 1.165) is 12.1 Å². The Morgan fingerprint density at radius 2 is 1.83 bits per heavy atom. The minimum atomic E-state index is -1.52. The van der Waals surface area contributed by atoms with Crippen molar-refractivity contribution in [1.29, 1.82) is 0 Å². The highest BCUT2D eigenvalue weighted by molar-refractivity contribution is 5.62. The zero-order valence-electron chi connectivity index (χ0n) is 9.05. The van der Waals surface area contributed by atoms with Gasteiger partial charge in [0.25, 0.3) is 0 Å². The molecule has 4 nitrogen and oxygen atoms in total. The third-order valence-corrected chi connectivity index (χ3v) is 2.22. The Labute approximate surface area is 101 Å². The van der Waals surface area contributed by atoms with Crippen molar-refractivity contribution in [3.05, 3.63) is 47.9 Å². The van der Waals surface area contributed by atoms with E-state index in [2.05, 4.69) is 15.7 Å². The molecular weight excluding hydrogens is 245 g/mol. The van der Waals surface area contributed by atoms with Gasteiger partial charge in [0.2, 0.25) is 0 Å². The number of pyridine rings is 1. The first-order chi connectivity index (χ1) is 8.61. The van der Waals surface area contributed by atoms with Crippen LogP contribution < -0.4 is 16.6 Å². The van der Waals surface area contributed by atoms with Crippen LogP contribution in [0.2, 0.25) is 0 Å². The summed E-state index contributed by atoms with van der Waals surface area (Å²) < 4.78 is 39.1. The van der Waals surface area contributed by atoms with Crippen LogP contribution in [0.15, 0.2) is 30.5 Å². The first-order valence-corrected chi connectivity index (χ1v) is 4.95. The fourth-order valence-corrected chi connectivity index (χ4v) is 1.37. The van der Waals surface area contributed by atoms with Crippen molar-refractivity contribution in [2.75, 3.05) is 10.7 Å². The maximum Gasteiger partial charge on any atom is 0.196 e. The molecular formula is C11H9F3N4. The number of nitrogen functional groups attached to an aromatic ring is 1. The monoisotopic (exact) mass is 254 g/mol. The number of nitrogens with one attached hydrogen (secondary N) is 2. The summed E-state index contributed by atoms with van der Waals surface area (Å²) in [6, 6.07) is 4.95. The van der Waals surface area contributed by atoms with E-state index in [4.69, 9.17) is 5.84 Å². The molecule has 1 aromatic heterocycles. The molecule has 0 saturated heterocycles. The van der Waals surface area contributed by atoms with Crippen molar-refractivity contribution < 1.29 is 13.2 Å². The lowest BCUT2D eigenvalue weighted by Gasteiger charge is -2.09. The van der Waals surface area contributed by atoms with Crippen LogP contribution in [0.4, 0.5) is 30.4 Å². The number of anilines is 3. The number of aromatic nitrogens is 1. The summed E-state index contributed by atoms with van der Waals surface area (Å²) in [5.41, 5.74) is 2.56. The SMILES string of the molecule is NNc1cc(Nc2ccc(F)c(F)c2F)ccn1. The molecule has 0 radical (unpaired) electrons. The molecule has 1 heterocycles. The van der Waals surface area contributed by atoms with Crippen LogP contribution in [0.3, 0.4) is 0 Å². The van der Waals surface area contributed by atoms with Crippen LogP contribution in [0.5, 0.6) is 0 Å². The molecule has 94 valence electrons. The highest BCUT2D eigenvalue weighted by Gasteiger charge is 2.13. The van der Waals surface area contributed by atoms with Gasteiger partial charge in [-0.05, 0) is 18.2 Å². The molecule has 0 saturated carbocycles. The van der Waals surface area contributed by atoms with Crippen molar-refractivity contribution in [2.24, 2.45) is 5.84 Å². The maximum absolute atomic E-state index is 13.4. The normalized spacial score (nSPS) is 10.2. The number of halogens is 3. The molecule has 7 heteroatoms. The van der Waals surface area contributed by atoms with E-state index in [0.29, 0.717) is 11.5 Å². The molecule has 2 rings (SSSR count). The number of nitrogens with two attached hydrogens (primary N) is 1. The van der Waals surface area contributed by atoms with E-state index in [1.54, 1.807) is 0 Å². The van der Waals surface area contributed by atoms with E-state index in [1.165, 1.54) is 18.3 Å². The van der Waals surface area contributed by atoms with Crippen LogP contribution in [0.25, 0.3) is 0 Å². The number of hydrazine groups is 1. The highest BCUT2D eigenvalue weighted by Crippen LogP contribution is 2.24. The van der Waals surface area contributed by atoms with E-state index in [1.807, 2.05) is 0 Å². The number of hydrogen-bond acceptors (Lipinski definition) is 4. The molecule has 0 unspecified atom stereocenters. The highest BCUT2D eigenvalue weighted by atomic mass is 19.2. The van der Waals surface area contributed by atoms with E-state index >= 15 is 0 Å². The minimum absolute atomic E-state index is 0.178. The summed E-state index contributed by atoms with van der Waals surface area (Å²) in [5.74, 6) is 1.47. The van der Waals surface area contributed by atoms with Gasteiger partial charge in [-0.1, -0.05) is 0 Å². The molecule has 0 bridgehead atoms. The summed E-state index contributed by atoms with van der Waals surface area (Å²) in [7, 11) is 0. The predicted molar refractivity (Wildman–Crippen MR) is 61.6 cm³/mol. The van der Waals surface area contributed by atoms with E-state index in [-0.39, 0.29) is 5.69 Å². The van der Waals surface area contributed by atoms with Gasteiger partial charge < -0.3 is 10.7 Å². The smallest absolute Gasteiger partial charge is 0.196 e. The molecule has 0 amide bonds. The summed E-state index contributed by atoms with van der Waals surface area (Å²) >= 11 is 0. The average molecular weight is 254 g/mol. The summed E-state index contributed by atoms with van der Waals surface area (Å²) in [5, 5.41) is 2.60. The summed E-state index contributed by atoms with van der Waals surface area (Å²) in [6.07, 6.45) is 1.43. The van der Waals surface area contributed by atoms with Gasteiger partial charge in [-0.2, -0.15) is 0 Å². The first kappa shape index (κ1) is 12.2. The molecule has 2 aromatic rings. The average Bonchev–Trinajstić information content (AvgIpc) is 2.40. The van der Waals surface area contributed by atoms with Crippen molar-refractivity contribution in [3.63, 3.8) is 0 Å². The Morgan fingerprint density at radius 3 is 2.56 bits per heavy atom. The second-order valence-electron chi connectivity index (χ2n) is 3.42. The topological polar surface area (TPSA) is 63.0 Å². The minimum Gasteiger partial charge on any atom is -0.353 e. The van der Waals surface area contributed by atoms with Gasteiger partial charge in [0.1, 0.15) is 5.82 Å². The number of hydrogen-bond donors (Lipinski definition) is 3. The molecule has 0 atom stereocenters. The first-order valence-electron chi connectivity index (χ1n) is 4.95. The van der Waals surface area contributed by atoms with E-state index in [9.17, 15) is 13.2 Å². The lowest BCUT2D eigenvalue weighted by Crippen LogP contribution is -2.08. The Kier molecular flexibility index (Phi) is 3.33. The number of nitrogens with zero attached hydrogens (tertiary/aromatic N) is 1. The molecule has 18 heavy (non-hydrogen) atoms. The van der Waals surface area contributed by atoms with Crippen LogP contribution in [-0.4, -0.2) is 4.98 Å². The lowest BCUT2D eigenvalue weighted by molar-refractivity contribution is 0.449. The molecule has 0 spiro atoms. The van der Waals surface area contributed by atoms with Crippen molar-refractivity contribution >= 4 is 17.2 Å². The number of rotatable bonds is 3. The fraction of sp³-hybridized carbons (Fsp3) is 0. The Bertz CT molecular complexity index is 574. The third kappa shape index (κ3) is 2.35. The third-order valence-electron chi connectivity index (χ3n) is 2.22. The van der Waals surface area contributed by atoms with Crippen molar-refractivity contribution in [3.8, 4) is 0 Å². The quantitative estimate of drug-likeness (QED) is 0.447. The van der Waals surface area contributed by atoms with Crippen LogP contribution in [0.1, 0.15) is 0 Å². The predicted octanol–water partition coefficient (Wildman–Crippen LogP) is 2.53. The van der Waals surface area contributed by atoms with Gasteiger partial charge >= 0.3 is 0 Å². The van der Waals surface area contributed by atoms with Gasteiger partial charge in [-0.25, -0.2) is 24.0 Å². The molecule has 0 aliphatic rings. The van der Waals surface area contributed by atoms with Gasteiger partial charge in [-0.15, -0.1) is 0 Å². The van der Waals surface area contributed by atoms with E-state index < -0.39 is 17.5 Å². The Balaban J connectivity index is 2.31. The van der Waals surface area contributed by atoms with Crippen molar-refractivity contribution in [1.82, 2.24) is 4.98 Å². The van der Waals surface area contributed by atoms with Crippen LogP contribution in [0, 0.1) is 17.5 Å². The van der Waals surface area contributed by atoms with Gasteiger partial charge in [-0.3, -0.25) is 0 Å². The maximum atomic E-state index is 13.4. The van der Waals surface area contributed by atoms with Gasteiger partial charge in [0.15, 0.2) is 17.5 Å².